The third-order valence-electron chi connectivity index (χ3n) is 4.12. The van der Waals surface area contributed by atoms with Crippen LogP contribution in [-0.4, -0.2) is 59.4 Å². The number of halogens is 1. The first-order chi connectivity index (χ1) is 13.7. The van der Waals surface area contributed by atoms with Crippen LogP contribution in [0.4, 0.5) is 16.2 Å². The molecule has 0 saturated carbocycles. The summed E-state index contributed by atoms with van der Waals surface area (Å²) in [6, 6.07) is 14.3. The SMILES string of the molecule is CNC(=O)Nc1ccc(OCCN(C)CCc2ccc(NS(C)(=O)=O)cc2)cc1.Cl. The zero-order valence-corrected chi connectivity index (χ0v) is 19.0. The summed E-state index contributed by atoms with van der Waals surface area (Å²) in [6.45, 7) is 2.18. The number of nitrogens with one attached hydrogen (secondary N) is 3. The summed E-state index contributed by atoms with van der Waals surface area (Å²) < 4.78 is 30.6. The summed E-state index contributed by atoms with van der Waals surface area (Å²) in [7, 11) is 0.340. The number of nitrogens with zero attached hydrogens (tertiary/aromatic N) is 1. The molecule has 0 fully saturated rings. The van der Waals surface area contributed by atoms with Crippen molar-refractivity contribution in [3.63, 3.8) is 0 Å². The predicted molar refractivity (Wildman–Crippen MR) is 123 cm³/mol. The van der Waals surface area contributed by atoms with Crippen molar-refractivity contribution in [1.29, 1.82) is 0 Å². The lowest BCUT2D eigenvalue weighted by Crippen LogP contribution is -2.26. The number of carbonyl (C=O) groups excluding carboxylic acids is 1. The van der Waals surface area contributed by atoms with E-state index < -0.39 is 10.0 Å². The van der Waals surface area contributed by atoms with Crippen LogP contribution in [0.1, 0.15) is 5.56 Å². The van der Waals surface area contributed by atoms with E-state index in [1.54, 1.807) is 31.3 Å². The Kier molecular flexibility index (Phi) is 10.4. The highest BCUT2D eigenvalue weighted by molar-refractivity contribution is 7.92. The Morgan fingerprint density at radius 2 is 1.60 bits per heavy atom. The van der Waals surface area contributed by atoms with Gasteiger partial charge in [-0.15, -0.1) is 12.4 Å². The minimum absolute atomic E-state index is 0. The molecule has 0 aliphatic heterocycles. The maximum Gasteiger partial charge on any atom is 0.318 e. The molecule has 0 aromatic heterocycles. The first-order valence-corrected chi connectivity index (χ1v) is 11.1. The van der Waals surface area contributed by atoms with E-state index in [2.05, 4.69) is 20.3 Å². The van der Waals surface area contributed by atoms with Gasteiger partial charge in [0.2, 0.25) is 10.0 Å². The smallest absolute Gasteiger partial charge is 0.318 e. The number of ether oxygens (including phenoxy) is 1. The number of benzene rings is 2. The van der Waals surface area contributed by atoms with Crippen molar-refractivity contribution in [1.82, 2.24) is 10.2 Å². The summed E-state index contributed by atoms with van der Waals surface area (Å²) in [5, 5.41) is 5.19. The largest absolute Gasteiger partial charge is 0.492 e. The zero-order chi connectivity index (χ0) is 21.3. The lowest BCUT2D eigenvalue weighted by Gasteiger charge is -2.17. The summed E-state index contributed by atoms with van der Waals surface area (Å²) in [4.78, 5) is 13.4. The molecule has 0 radical (unpaired) electrons. The molecule has 8 nitrogen and oxygen atoms in total. The average molecular weight is 457 g/mol. The Bertz CT molecular complexity index is 890. The van der Waals surface area contributed by atoms with Gasteiger partial charge >= 0.3 is 6.03 Å². The zero-order valence-electron chi connectivity index (χ0n) is 17.3. The van der Waals surface area contributed by atoms with Gasteiger partial charge in [-0.1, -0.05) is 12.1 Å². The van der Waals surface area contributed by atoms with Crippen molar-refractivity contribution in [2.24, 2.45) is 0 Å². The van der Waals surface area contributed by atoms with Crippen molar-refractivity contribution >= 4 is 39.8 Å². The highest BCUT2D eigenvalue weighted by atomic mass is 35.5. The molecule has 2 aromatic rings. The topological polar surface area (TPSA) is 99.8 Å². The van der Waals surface area contributed by atoms with Crippen molar-refractivity contribution < 1.29 is 17.9 Å². The Hall–Kier alpha value is -2.49. The second-order valence-electron chi connectivity index (χ2n) is 6.70. The van der Waals surface area contributed by atoms with Crippen molar-refractivity contribution in [2.75, 3.05) is 50.1 Å². The predicted octanol–water partition coefficient (Wildman–Crippen LogP) is 2.78. The van der Waals surface area contributed by atoms with Gasteiger partial charge in [0.15, 0.2) is 0 Å². The minimum Gasteiger partial charge on any atom is -0.492 e. The van der Waals surface area contributed by atoms with Crippen LogP contribution < -0.4 is 20.1 Å². The molecule has 2 rings (SSSR count). The van der Waals surface area contributed by atoms with Gasteiger partial charge in [-0.05, 0) is 55.4 Å². The first-order valence-electron chi connectivity index (χ1n) is 9.22. The molecule has 0 saturated heterocycles. The number of hydrogen-bond donors (Lipinski definition) is 3. The lowest BCUT2D eigenvalue weighted by molar-refractivity contribution is 0.239. The minimum atomic E-state index is -3.25. The van der Waals surface area contributed by atoms with Gasteiger partial charge in [-0.2, -0.15) is 0 Å². The molecule has 30 heavy (non-hydrogen) atoms. The fourth-order valence-corrected chi connectivity index (χ4v) is 3.10. The molecule has 0 spiro atoms. The molecule has 3 N–H and O–H groups in total. The van der Waals surface area contributed by atoms with Crippen LogP contribution in [0.15, 0.2) is 48.5 Å². The molecule has 10 heteroatoms. The Balaban J connectivity index is 0.00000450. The van der Waals surface area contributed by atoms with Crippen LogP contribution in [0.3, 0.4) is 0 Å². The van der Waals surface area contributed by atoms with Crippen molar-refractivity contribution in [2.45, 2.75) is 6.42 Å². The van der Waals surface area contributed by atoms with Crippen LogP contribution in [0.5, 0.6) is 5.75 Å². The molecular weight excluding hydrogens is 428 g/mol. The van der Waals surface area contributed by atoms with E-state index in [1.165, 1.54) is 0 Å². The maximum absolute atomic E-state index is 11.3. The fourth-order valence-electron chi connectivity index (χ4n) is 2.53. The van der Waals surface area contributed by atoms with Gasteiger partial charge in [0.05, 0.1) is 6.26 Å². The molecule has 0 aliphatic carbocycles. The fraction of sp³-hybridized carbons (Fsp3) is 0.350. The molecule has 0 aliphatic rings. The van der Waals surface area contributed by atoms with E-state index in [1.807, 2.05) is 31.3 Å². The molecule has 0 atom stereocenters. The number of urea groups is 1. The Labute approximate surface area is 184 Å². The number of hydrogen-bond acceptors (Lipinski definition) is 5. The number of rotatable bonds is 10. The third-order valence-corrected chi connectivity index (χ3v) is 4.73. The summed E-state index contributed by atoms with van der Waals surface area (Å²) >= 11 is 0. The number of carbonyl (C=O) groups is 1. The van der Waals surface area contributed by atoms with E-state index in [0.29, 0.717) is 18.0 Å². The van der Waals surface area contributed by atoms with Gasteiger partial charge < -0.3 is 20.3 Å². The number of anilines is 2. The standard InChI is InChI=1S/C20H28N4O4S.ClH/c1-21-20(25)22-17-8-10-19(11-9-17)28-15-14-24(2)13-12-16-4-6-18(7-5-16)23-29(3,26)27;/h4-11,23H,12-15H2,1-3H3,(H2,21,22,25);1H. The van der Waals surface area contributed by atoms with Gasteiger partial charge in [0.1, 0.15) is 12.4 Å². The number of likely N-dealkylation sites (N-methyl/N-ethyl adjacent to an activating group) is 1. The molecule has 0 heterocycles. The van der Waals surface area contributed by atoms with E-state index in [4.69, 9.17) is 4.74 Å². The van der Waals surface area contributed by atoms with E-state index in [-0.39, 0.29) is 18.4 Å². The molecule has 0 unspecified atom stereocenters. The Morgan fingerprint density at radius 3 is 2.17 bits per heavy atom. The highest BCUT2D eigenvalue weighted by Crippen LogP contribution is 2.15. The van der Waals surface area contributed by atoms with E-state index >= 15 is 0 Å². The molecule has 2 aromatic carbocycles. The van der Waals surface area contributed by atoms with Gasteiger partial charge in [-0.3, -0.25) is 4.72 Å². The monoisotopic (exact) mass is 456 g/mol. The summed E-state index contributed by atoms with van der Waals surface area (Å²) in [6.07, 6.45) is 1.99. The van der Waals surface area contributed by atoms with E-state index in [0.717, 1.165) is 37.1 Å². The van der Waals surface area contributed by atoms with Crippen LogP contribution >= 0.6 is 12.4 Å². The first kappa shape index (κ1) is 25.5. The molecule has 0 bridgehead atoms. The molecular formula is C20H29ClN4O4S. The van der Waals surface area contributed by atoms with Crippen LogP contribution in [0, 0.1) is 0 Å². The van der Waals surface area contributed by atoms with Gasteiger partial charge in [0.25, 0.3) is 0 Å². The average Bonchev–Trinajstić information content (AvgIpc) is 2.67. The number of sulfonamides is 1. The second kappa shape index (κ2) is 12.3. The number of amides is 2. The molecule has 166 valence electrons. The second-order valence-corrected chi connectivity index (χ2v) is 8.45. The molecule has 2 amide bonds. The summed E-state index contributed by atoms with van der Waals surface area (Å²) in [5.41, 5.74) is 2.40. The summed E-state index contributed by atoms with van der Waals surface area (Å²) in [5.74, 6) is 0.745. The quantitative estimate of drug-likeness (QED) is 0.510. The lowest BCUT2D eigenvalue weighted by atomic mass is 10.1. The van der Waals surface area contributed by atoms with E-state index in [9.17, 15) is 13.2 Å². The third kappa shape index (κ3) is 9.82. The van der Waals surface area contributed by atoms with Crippen LogP contribution in [0.25, 0.3) is 0 Å². The van der Waals surface area contributed by atoms with Crippen molar-refractivity contribution in [3.8, 4) is 5.75 Å². The van der Waals surface area contributed by atoms with Gasteiger partial charge in [0, 0.05) is 31.5 Å². The van der Waals surface area contributed by atoms with Crippen molar-refractivity contribution in [3.05, 3.63) is 54.1 Å². The van der Waals surface area contributed by atoms with Crippen LogP contribution in [0.2, 0.25) is 0 Å². The normalized spacial score (nSPS) is 10.8. The Morgan fingerprint density at radius 1 is 1.00 bits per heavy atom. The van der Waals surface area contributed by atoms with Gasteiger partial charge in [-0.25, -0.2) is 13.2 Å². The maximum atomic E-state index is 11.3. The highest BCUT2D eigenvalue weighted by Gasteiger charge is 2.04. The van der Waals surface area contributed by atoms with Crippen LogP contribution in [-0.2, 0) is 16.4 Å².